The number of thioether (sulfide) groups is 2. The quantitative estimate of drug-likeness (QED) is 0.110. The zero-order valence-electron chi connectivity index (χ0n) is 23.3. The molecule has 0 spiro atoms. The van der Waals surface area contributed by atoms with Crippen LogP contribution in [0.25, 0.3) is 21.8 Å². The van der Waals surface area contributed by atoms with Gasteiger partial charge in [-0.3, -0.25) is 4.79 Å². The maximum Gasteiger partial charge on any atom is 0.256 e. The second-order valence-corrected chi connectivity index (χ2v) is 13.2. The number of aromatic nitrogens is 1. The maximum atomic E-state index is 13.7. The van der Waals surface area contributed by atoms with E-state index < -0.39 is 0 Å². The van der Waals surface area contributed by atoms with Crippen LogP contribution in [0, 0.1) is 0 Å². The molecular weight excluding hydrogens is 539 g/mol. The monoisotopic (exact) mass is 577 g/mol. The topological polar surface area (TPSA) is 80.7 Å². The average Bonchev–Trinajstić information content (AvgIpc) is 3.58. The van der Waals surface area contributed by atoms with Gasteiger partial charge in [0.2, 0.25) is 0 Å². The lowest BCUT2D eigenvalue weighted by Crippen LogP contribution is -2.41. The predicted molar refractivity (Wildman–Crippen MR) is 170 cm³/mol. The highest BCUT2D eigenvalue weighted by molar-refractivity contribution is 8.17. The lowest BCUT2D eigenvalue weighted by atomic mass is 10.1. The van der Waals surface area contributed by atoms with Gasteiger partial charge in [0.05, 0.1) is 29.4 Å². The van der Waals surface area contributed by atoms with E-state index in [1.165, 1.54) is 21.8 Å². The molecule has 3 aromatic carbocycles. The lowest BCUT2D eigenvalue weighted by molar-refractivity contribution is 0.0746. The van der Waals surface area contributed by atoms with Crippen molar-refractivity contribution in [2.24, 2.45) is 0 Å². The van der Waals surface area contributed by atoms with Crippen LogP contribution in [0.4, 0.5) is 5.69 Å². The summed E-state index contributed by atoms with van der Waals surface area (Å²) in [5, 5.41) is 12.7. The van der Waals surface area contributed by atoms with Gasteiger partial charge in [0.25, 0.3) is 5.91 Å². The van der Waals surface area contributed by atoms with E-state index in [-0.39, 0.29) is 18.6 Å². The number of hydrogen-bond donors (Lipinski definition) is 2. The Labute approximate surface area is 245 Å². The molecule has 0 radical (unpaired) electrons. The number of anilines is 1. The number of nitrogens with two attached hydrogens (primary N) is 1. The predicted octanol–water partition coefficient (Wildman–Crippen LogP) is 6.78. The summed E-state index contributed by atoms with van der Waals surface area (Å²) in [6.45, 7) is 6.14. The van der Waals surface area contributed by atoms with Crippen molar-refractivity contribution in [3.63, 3.8) is 0 Å². The first-order chi connectivity index (χ1) is 19.6. The third-order valence-corrected chi connectivity index (χ3v) is 10.4. The molecule has 4 aromatic rings. The highest BCUT2D eigenvalue weighted by Crippen LogP contribution is 2.37. The molecule has 40 heavy (non-hydrogen) atoms. The van der Waals surface area contributed by atoms with Gasteiger partial charge in [-0.15, -0.1) is 23.5 Å². The van der Waals surface area contributed by atoms with Crippen LogP contribution in [0.5, 0.6) is 5.75 Å². The summed E-state index contributed by atoms with van der Waals surface area (Å²) in [4.78, 5) is 15.7. The summed E-state index contributed by atoms with van der Waals surface area (Å²) < 4.78 is 8.83. The minimum Gasteiger partial charge on any atom is -0.493 e. The molecule has 1 aliphatic rings. The van der Waals surface area contributed by atoms with Crippen molar-refractivity contribution in [2.75, 3.05) is 30.4 Å². The van der Waals surface area contributed by atoms with E-state index in [0.29, 0.717) is 33.8 Å². The SMILES string of the molecule is CCSC(SCC)[C@@H]1CCCN1C(=O)c1cc(CO)c(OCCCn2c3ccccc3c3ccccc32)cc1N. The van der Waals surface area contributed by atoms with Gasteiger partial charge < -0.3 is 25.0 Å². The molecule has 8 heteroatoms. The second-order valence-electron chi connectivity index (χ2n) is 10.1. The highest BCUT2D eigenvalue weighted by atomic mass is 32.2. The van der Waals surface area contributed by atoms with E-state index >= 15 is 0 Å². The van der Waals surface area contributed by atoms with Crippen molar-refractivity contribution in [1.29, 1.82) is 0 Å². The first kappa shape index (κ1) is 28.7. The van der Waals surface area contributed by atoms with Crippen molar-refractivity contribution in [2.45, 2.75) is 56.9 Å². The van der Waals surface area contributed by atoms with Crippen molar-refractivity contribution in [3.8, 4) is 5.75 Å². The fourth-order valence-electron chi connectivity index (χ4n) is 5.81. The number of amides is 1. The average molecular weight is 578 g/mol. The Kier molecular flexibility index (Phi) is 9.50. The van der Waals surface area contributed by atoms with Gasteiger partial charge in [-0.25, -0.2) is 0 Å². The molecule has 2 heterocycles. The molecule has 0 bridgehead atoms. The molecule has 1 aliphatic heterocycles. The summed E-state index contributed by atoms with van der Waals surface area (Å²) in [5.41, 5.74) is 10.3. The standard InChI is InChI=1S/C32H39N3O3S2/c1-3-39-32(40-4-2)29-15-9-16-35(29)31(37)25-19-22(21-36)30(20-26(25)33)38-18-10-17-34-27-13-7-5-11-23(27)24-12-6-8-14-28(24)34/h5-8,11-14,19-20,29,32,36H,3-4,9-10,15-18,21,33H2,1-2H3/t29-/m0/s1. The normalized spacial score (nSPS) is 15.5. The molecular formula is C32H39N3O3S2. The first-order valence-electron chi connectivity index (χ1n) is 14.2. The van der Waals surface area contributed by atoms with E-state index in [0.717, 1.165) is 43.9 Å². The Morgan fingerprint density at radius 3 is 2.33 bits per heavy atom. The highest BCUT2D eigenvalue weighted by Gasteiger charge is 2.36. The maximum absolute atomic E-state index is 13.7. The molecule has 0 saturated carbocycles. The second kappa shape index (κ2) is 13.2. The molecule has 5 rings (SSSR count). The number of aliphatic hydroxyl groups excluding tert-OH is 1. The Hall–Kier alpha value is -2.81. The van der Waals surface area contributed by atoms with Gasteiger partial charge in [0, 0.05) is 52.2 Å². The molecule has 0 aliphatic carbocycles. The summed E-state index contributed by atoms with van der Waals surface area (Å²) >= 11 is 3.83. The molecule has 1 atom stereocenters. The molecule has 1 fully saturated rings. The molecule has 0 unspecified atom stereocenters. The van der Waals surface area contributed by atoms with Crippen LogP contribution in [0.15, 0.2) is 60.7 Å². The van der Waals surface area contributed by atoms with E-state index in [4.69, 9.17) is 10.5 Å². The van der Waals surface area contributed by atoms with E-state index in [1.54, 1.807) is 12.1 Å². The van der Waals surface area contributed by atoms with Crippen LogP contribution in [-0.2, 0) is 13.2 Å². The fraction of sp³-hybridized carbons (Fsp3) is 0.406. The Balaban J connectivity index is 1.28. The Bertz CT molecular complexity index is 1410. The van der Waals surface area contributed by atoms with Gasteiger partial charge in [-0.1, -0.05) is 50.2 Å². The number of nitrogens with zero attached hydrogens (tertiary/aromatic N) is 2. The van der Waals surface area contributed by atoms with Crippen LogP contribution in [-0.4, -0.2) is 55.8 Å². The number of aryl methyl sites for hydroxylation is 1. The molecule has 212 valence electrons. The number of carbonyl (C=O) groups excluding carboxylic acids is 1. The number of carbonyl (C=O) groups is 1. The molecule has 1 aromatic heterocycles. The largest absolute Gasteiger partial charge is 0.493 e. The van der Waals surface area contributed by atoms with Crippen LogP contribution in [0.2, 0.25) is 0 Å². The molecule has 3 N–H and O–H groups in total. The van der Waals surface area contributed by atoms with Gasteiger partial charge in [0.1, 0.15) is 5.75 Å². The zero-order valence-corrected chi connectivity index (χ0v) is 25.0. The number of fused-ring (bicyclic) bond motifs is 3. The zero-order chi connectivity index (χ0) is 28.1. The number of nitrogen functional groups attached to an aromatic ring is 1. The first-order valence-corrected chi connectivity index (χ1v) is 16.3. The summed E-state index contributed by atoms with van der Waals surface area (Å²) in [6, 6.07) is 20.6. The van der Waals surface area contributed by atoms with E-state index in [9.17, 15) is 9.90 Å². The number of ether oxygens (including phenoxy) is 1. The van der Waals surface area contributed by atoms with E-state index in [1.807, 2.05) is 28.4 Å². The summed E-state index contributed by atoms with van der Waals surface area (Å²) in [6.07, 6.45) is 2.80. The van der Waals surface area contributed by atoms with Crippen molar-refractivity contribution in [3.05, 3.63) is 71.8 Å². The molecule has 1 amide bonds. The number of para-hydroxylation sites is 2. The smallest absolute Gasteiger partial charge is 0.256 e. The molecule has 6 nitrogen and oxygen atoms in total. The number of likely N-dealkylation sites (tertiary alicyclic amines) is 1. The van der Waals surface area contributed by atoms with Crippen molar-refractivity contribution >= 4 is 56.9 Å². The number of benzene rings is 3. The van der Waals surface area contributed by atoms with Gasteiger partial charge in [-0.2, -0.15) is 0 Å². The minimum absolute atomic E-state index is 0.0500. The third-order valence-electron chi connectivity index (χ3n) is 7.63. The van der Waals surface area contributed by atoms with Crippen LogP contribution < -0.4 is 10.5 Å². The van der Waals surface area contributed by atoms with Gasteiger partial charge >= 0.3 is 0 Å². The number of aliphatic hydroxyl groups is 1. The van der Waals surface area contributed by atoms with Crippen molar-refractivity contribution in [1.82, 2.24) is 9.47 Å². The van der Waals surface area contributed by atoms with Crippen LogP contribution >= 0.6 is 23.5 Å². The lowest BCUT2D eigenvalue weighted by Gasteiger charge is -2.31. The van der Waals surface area contributed by atoms with E-state index in [2.05, 4.69) is 66.9 Å². The van der Waals surface area contributed by atoms with Gasteiger partial charge in [0.15, 0.2) is 0 Å². The Morgan fingerprint density at radius 2 is 1.70 bits per heavy atom. The number of rotatable bonds is 12. The summed E-state index contributed by atoms with van der Waals surface area (Å²) in [7, 11) is 0. The summed E-state index contributed by atoms with van der Waals surface area (Å²) in [5.74, 6) is 2.54. The fourth-order valence-corrected chi connectivity index (χ4v) is 8.68. The Morgan fingerprint density at radius 1 is 1.05 bits per heavy atom. The van der Waals surface area contributed by atoms with Crippen LogP contribution in [0.3, 0.4) is 0 Å². The number of hydrogen-bond acceptors (Lipinski definition) is 6. The minimum atomic E-state index is -0.216. The third kappa shape index (κ3) is 5.80. The van der Waals surface area contributed by atoms with Crippen LogP contribution in [0.1, 0.15) is 49.0 Å². The van der Waals surface area contributed by atoms with Crippen molar-refractivity contribution < 1.29 is 14.6 Å². The molecule has 1 saturated heterocycles. The van der Waals surface area contributed by atoms with Gasteiger partial charge in [-0.05, 0) is 49.0 Å².